The quantitative estimate of drug-likeness (QED) is 0.800. The van der Waals surface area contributed by atoms with E-state index < -0.39 is 0 Å². The Morgan fingerprint density at radius 2 is 2.33 bits per heavy atom. The normalized spacial score (nSPS) is 31.8. The number of aryl methyl sites for hydroxylation is 1. The van der Waals surface area contributed by atoms with Gasteiger partial charge in [-0.05, 0) is 25.2 Å². The second-order valence-corrected chi connectivity index (χ2v) is 4.62. The molecule has 15 heavy (non-hydrogen) atoms. The van der Waals surface area contributed by atoms with Crippen molar-refractivity contribution in [1.29, 1.82) is 0 Å². The SMILES string of the molecule is CCC1CCC(N)CC1c1ncn(C)n1. The summed E-state index contributed by atoms with van der Waals surface area (Å²) in [5.41, 5.74) is 6.02. The third-order valence-corrected chi connectivity index (χ3v) is 3.51. The summed E-state index contributed by atoms with van der Waals surface area (Å²) >= 11 is 0. The molecule has 0 spiro atoms. The molecule has 1 aliphatic carbocycles. The van der Waals surface area contributed by atoms with Crippen molar-refractivity contribution in [3.05, 3.63) is 12.2 Å². The Hall–Kier alpha value is -0.900. The standard InChI is InChI=1S/C11H20N4/c1-3-8-4-5-9(12)6-10(8)11-13-7-15(2)14-11/h7-10H,3-6,12H2,1-2H3. The Bertz CT molecular complexity index is 320. The molecule has 4 nitrogen and oxygen atoms in total. The Morgan fingerprint density at radius 1 is 1.53 bits per heavy atom. The van der Waals surface area contributed by atoms with Crippen LogP contribution < -0.4 is 5.73 Å². The summed E-state index contributed by atoms with van der Waals surface area (Å²) in [6, 6.07) is 0.335. The summed E-state index contributed by atoms with van der Waals surface area (Å²) in [7, 11) is 1.92. The molecule has 2 N–H and O–H groups in total. The van der Waals surface area contributed by atoms with Crippen molar-refractivity contribution in [2.75, 3.05) is 0 Å². The maximum absolute atomic E-state index is 6.02. The largest absolute Gasteiger partial charge is 0.328 e. The third kappa shape index (κ3) is 2.20. The minimum Gasteiger partial charge on any atom is -0.328 e. The number of hydrogen-bond donors (Lipinski definition) is 1. The lowest BCUT2D eigenvalue weighted by Crippen LogP contribution is -2.32. The zero-order valence-corrected chi connectivity index (χ0v) is 9.56. The molecule has 4 heteroatoms. The number of aromatic nitrogens is 3. The fourth-order valence-electron chi connectivity index (χ4n) is 2.60. The van der Waals surface area contributed by atoms with E-state index in [0.717, 1.165) is 18.7 Å². The minimum absolute atomic E-state index is 0.335. The minimum atomic E-state index is 0.335. The second kappa shape index (κ2) is 4.31. The molecule has 1 fully saturated rings. The zero-order chi connectivity index (χ0) is 10.8. The first-order valence-electron chi connectivity index (χ1n) is 5.81. The predicted molar refractivity (Wildman–Crippen MR) is 59.4 cm³/mol. The van der Waals surface area contributed by atoms with Crippen molar-refractivity contribution in [3.8, 4) is 0 Å². The zero-order valence-electron chi connectivity index (χ0n) is 9.56. The van der Waals surface area contributed by atoms with Crippen molar-refractivity contribution in [1.82, 2.24) is 14.8 Å². The molecule has 1 aromatic rings. The van der Waals surface area contributed by atoms with Gasteiger partial charge in [-0.1, -0.05) is 13.3 Å². The summed E-state index contributed by atoms with van der Waals surface area (Å²) in [5, 5.41) is 4.42. The van der Waals surface area contributed by atoms with E-state index in [-0.39, 0.29) is 0 Å². The van der Waals surface area contributed by atoms with Gasteiger partial charge in [0, 0.05) is 19.0 Å². The molecule has 0 aliphatic heterocycles. The third-order valence-electron chi connectivity index (χ3n) is 3.51. The van der Waals surface area contributed by atoms with E-state index >= 15 is 0 Å². The number of nitrogens with two attached hydrogens (primary N) is 1. The smallest absolute Gasteiger partial charge is 0.153 e. The van der Waals surface area contributed by atoms with Crippen molar-refractivity contribution >= 4 is 0 Å². The first-order chi connectivity index (χ1) is 7.20. The van der Waals surface area contributed by atoms with Crippen molar-refractivity contribution < 1.29 is 0 Å². The van der Waals surface area contributed by atoms with E-state index in [9.17, 15) is 0 Å². The van der Waals surface area contributed by atoms with Crippen LogP contribution in [0.4, 0.5) is 0 Å². The lowest BCUT2D eigenvalue weighted by Gasteiger charge is -2.32. The van der Waals surface area contributed by atoms with Crippen LogP contribution in [-0.2, 0) is 7.05 Å². The van der Waals surface area contributed by atoms with Gasteiger partial charge in [0.05, 0.1) is 0 Å². The van der Waals surface area contributed by atoms with E-state index in [1.54, 1.807) is 11.0 Å². The van der Waals surface area contributed by atoms with Gasteiger partial charge in [-0.2, -0.15) is 5.10 Å². The van der Waals surface area contributed by atoms with Crippen LogP contribution in [0.25, 0.3) is 0 Å². The molecule has 1 saturated carbocycles. The van der Waals surface area contributed by atoms with E-state index in [2.05, 4.69) is 17.0 Å². The second-order valence-electron chi connectivity index (χ2n) is 4.62. The molecule has 3 unspecified atom stereocenters. The van der Waals surface area contributed by atoms with Crippen molar-refractivity contribution in [2.45, 2.75) is 44.6 Å². The van der Waals surface area contributed by atoms with E-state index in [0.29, 0.717) is 17.9 Å². The van der Waals surface area contributed by atoms with Gasteiger partial charge in [0.2, 0.25) is 0 Å². The Balaban J connectivity index is 2.16. The molecular formula is C11H20N4. The van der Waals surface area contributed by atoms with E-state index in [4.69, 9.17) is 5.73 Å². The highest BCUT2D eigenvalue weighted by Gasteiger charge is 2.31. The lowest BCUT2D eigenvalue weighted by atomic mass is 9.75. The van der Waals surface area contributed by atoms with Gasteiger partial charge >= 0.3 is 0 Å². The van der Waals surface area contributed by atoms with Crippen molar-refractivity contribution in [2.24, 2.45) is 18.7 Å². The molecule has 1 heterocycles. The van der Waals surface area contributed by atoms with E-state index in [1.165, 1.54) is 12.8 Å². The van der Waals surface area contributed by atoms with Crippen LogP contribution in [0.3, 0.4) is 0 Å². The Morgan fingerprint density at radius 3 is 2.93 bits per heavy atom. The molecular weight excluding hydrogens is 188 g/mol. The van der Waals surface area contributed by atoms with Crippen LogP contribution in [0.15, 0.2) is 6.33 Å². The summed E-state index contributed by atoms with van der Waals surface area (Å²) in [6.45, 7) is 2.25. The van der Waals surface area contributed by atoms with Crippen LogP contribution >= 0.6 is 0 Å². The van der Waals surface area contributed by atoms with Crippen LogP contribution in [-0.4, -0.2) is 20.8 Å². The first kappa shape index (κ1) is 10.6. The van der Waals surface area contributed by atoms with E-state index in [1.807, 2.05) is 7.05 Å². The summed E-state index contributed by atoms with van der Waals surface area (Å²) < 4.78 is 1.78. The Labute approximate surface area is 90.9 Å². The van der Waals surface area contributed by atoms with Crippen LogP contribution in [0.5, 0.6) is 0 Å². The molecule has 3 atom stereocenters. The van der Waals surface area contributed by atoms with Gasteiger partial charge in [-0.15, -0.1) is 0 Å². The molecule has 1 aromatic heterocycles. The molecule has 0 bridgehead atoms. The Kier molecular flexibility index (Phi) is 3.05. The lowest BCUT2D eigenvalue weighted by molar-refractivity contribution is 0.265. The molecule has 0 aromatic carbocycles. The first-order valence-corrected chi connectivity index (χ1v) is 5.81. The monoisotopic (exact) mass is 208 g/mol. The number of hydrogen-bond acceptors (Lipinski definition) is 3. The molecule has 0 radical (unpaired) electrons. The van der Waals surface area contributed by atoms with Crippen molar-refractivity contribution in [3.63, 3.8) is 0 Å². The topological polar surface area (TPSA) is 56.7 Å². The highest BCUT2D eigenvalue weighted by molar-refractivity contribution is 5.01. The van der Waals surface area contributed by atoms with Crippen LogP contribution in [0.2, 0.25) is 0 Å². The molecule has 0 amide bonds. The average Bonchev–Trinajstić information content (AvgIpc) is 2.65. The van der Waals surface area contributed by atoms with Gasteiger partial charge in [-0.25, -0.2) is 4.98 Å². The fraction of sp³-hybridized carbons (Fsp3) is 0.818. The summed E-state index contributed by atoms with van der Waals surface area (Å²) in [4.78, 5) is 4.37. The highest BCUT2D eigenvalue weighted by Crippen LogP contribution is 2.37. The highest BCUT2D eigenvalue weighted by atomic mass is 15.3. The van der Waals surface area contributed by atoms with Gasteiger partial charge in [0.25, 0.3) is 0 Å². The van der Waals surface area contributed by atoms with Crippen LogP contribution in [0, 0.1) is 5.92 Å². The summed E-state index contributed by atoms with van der Waals surface area (Å²) in [6.07, 6.45) is 6.41. The molecule has 84 valence electrons. The van der Waals surface area contributed by atoms with Crippen LogP contribution in [0.1, 0.15) is 44.3 Å². The molecule has 0 saturated heterocycles. The van der Waals surface area contributed by atoms with Gasteiger partial charge in [0.1, 0.15) is 6.33 Å². The van der Waals surface area contributed by atoms with Gasteiger partial charge in [0.15, 0.2) is 5.82 Å². The summed E-state index contributed by atoms with van der Waals surface area (Å²) in [5.74, 6) is 2.17. The maximum atomic E-state index is 6.02. The van der Waals surface area contributed by atoms with Gasteiger partial charge in [-0.3, -0.25) is 4.68 Å². The predicted octanol–water partition coefficient (Wildman–Crippen LogP) is 1.44. The fourth-order valence-corrected chi connectivity index (χ4v) is 2.60. The number of nitrogens with zero attached hydrogens (tertiary/aromatic N) is 3. The van der Waals surface area contributed by atoms with Gasteiger partial charge < -0.3 is 5.73 Å². The number of rotatable bonds is 2. The molecule has 2 rings (SSSR count). The molecule has 1 aliphatic rings. The average molecular weight is 208 g/mol. The maximum Gasteiger partial charge on any atom is 0.153 e.